The number of nitrogens with two attached hydrogens (primary N) is 1. The van der Waals surface area contributed by atoms with E-state index in [-0.39, 0.29) is 42.9 Å². The molecule has 3 heterocycles. The molecule has 49 heavy (non-hydrogen) atoms. The number of ether oxygens (including phenoxy) is 3. The number of imidazole rings is 1. The molecule has 1 aliphatic heterocycles. The first-order valence-corrected chi connectivity index (χ1v) is 16.2. The van der Waals surface area contributed by atoms with Gasteiger partial charge < -0.3 is 35.1 Å². The third-order valence-corrected chi connectivity index (χ3v) is 7.40. The van der Waals surface area contributed by atoms with Crippen molar-refractivity contribution in [2.45, 2.75) is 91.5 Å². The normalized spacial score (nSPS) is 15.7. The number of aromatic nitrogens is 3. The van der Waals surface area contributed by atoms with Crippen LogP contribution in [0.15, 0.2) is 53.5 Å². The van der Waals surface area contributed by atoms with Crippen LogP contribution < -0.4 is 21.9 Å². The van der Waals surface area contributed by atoms with Gasteiger partial charge in [-0.2, -0.15) is 0 Å². The average Bonchev–Trinajstić information content (AvgIpc) is 3.63. The van der Waals surface area contributed by atoms with Gasteiger partial charge in [-0.05, 0) is 75.3 Å². The molecule has 1 fully saturated rings. The average molecular weight is 679 g/mol. The number of rotatable bonds is 11. The van der Waals surface area contributed by atoms with Crippen LogP contribution in [0.1, 0.15) is 72.2 Å². The Bertz CT molecular complexity index is 1770. The maximum atomic E-state index is 13.7. The minimum Gasteiger partial charge on any atom is -0.444 e. The minimum absolute atomic E-state index is 0.0554. The molecule has 1 unspecified atom stereocenters. The number of primary amides is 1. The van der Waals surface area contributed by atoms with Gasteiger partial charge in [0.1, 0.15) is 29.3 Å². The molecular formula is C35H46N6O8. The van der Waals surface area contributed by atoms with Gasteiger partial charge in [-0.15, -0.1) is 0 Å². The van der Waals surface area contributed by atoms with Gasteiger partial charge in [0.05, 0.1) is 30.8 Å². The van der Waals surface area contributed by atoms with Crippen molar-refractivity contribution >= 4 is 40.7 Å². The highest BCUT2D eigenvalue weighted by atomic mass is 16.6. The van der Waals surface area contributed by atoms with Crippen LogP contribution in [0.25, 0.3) is 11.0 Å². The number of anilines is 1. The molecule has 4 rings (SSSR count). The first-order valence-electron chi connectivity index (χ1n) is 16.2. The first-order chi connectivity index (χ1) is 23.0. The Labute approximate surface area is 285 Å². The third-order valence-electron chi connectivity index (χ3n) is 7.40. The lowest BCUT2D eigenvalue weighted by molar-refractivity contribution is -0.118. The number of carbonyl (C=O) groups excluding carboxylic acids is 4. The molecule has 0 saturated carbocycles. The Hall–Kier alpha value is -4.98. The van der Waals surface area contributed by atoms with Crippen molar-refractivity contribution in [3.63, 3.8) is 0 Å². The highest BCUT2D eigenvalue weighted by Gasteiger charge is 2.27. The van der Waals surface area contributed by atoms with Crippen LogP contribution in [0.3, 0.4) is 0 Å². The molecule has 0 spiro atoms. The van der Waals surface area contributed by atoms with Crippen molar-refractivity contribution in [3.05, 3.63) is 70.4 Å². The van der Waals surface area contributed by atoms with E-state index in [0.717, 1.165) is 11.6 Å². The Morgan fingerprint density at radius 2 is 1.88 bits per heavy atom. The van der Waals surface area contributed by atoms with Crippen molar-refractivity contribution in [1.29, 1.82) is 0 Å². The highest BCUT2D eigenvalue weighted by Crippen LogP contribution is 2.28. The highest BCUT2D eigenvalue weighted by molar-refractivity contribution is 5.96. The van der Waals surface area contributed by atoms with Gasteiger partial charge >= 0.3 is 12.2 Å². The van der Waals surface area contributed by atoms with Gasteiger partial charge in [-0.1, -0.05) is 39.0 Å². The second-order valence-corrected chi connectivity index (χ2v) is 14.2. The van der Waals surface area contributed by atoms with Crippen LogP contribution >= 0.6 is 0 Å². The lowest BCUT2D eigenvalue weighted by Gasteiger charge is -2.21. The van der Waals surface area contributed by atoms with Gasteiger partial charge in [0.25, 0.3) is 5.56 Å². The Morgan fingerprint density at radius 1 is 1.12 bits per heavy atom. The molecule has 0 aliphatic carbocycles. The van der Waals surface area contributed by atoms with Crippen LogP contribution in [0.2, 0.25) is 0 Å². The maximum absolute atomic E-state index is 13.7. The zero-order valence-corrected chi connectivity index (χ0v) is 28.9. The van der Waals surface area contributed by atoms with Gasteiger partial charge in [0, 0.05) is 12.6 Å². The van der Waals surface area contributed by atoms with Crippen molar-refractivity contribution < 1.29 is 33.4 Å². The van der Waals surface area contributed by atoms with Gasteiger partial charge in [-0.3, -0.25) is 14.4 Å². The van der Waals surface area contributed by atoms with E-state index >= 15 is 0 Å². The second kappa shape index (κ2) is 15.5. The Balaban J connectivity index is 1.63. The van der Waals surface area contributed by atoms with Gasteiger partial charge in [0.2, 0.25) is 11.8 Å². The molecule has 0 radical (unpaired) electrons. The molecule has 1 saturated heterocycles. The van der Waals surface area contributed by atoms with Crippen molar-refractivity contribution in [2.75, 3.05) is 18.5 Å². The van der Waals surface area contributed by atoms with Crippen molar-refractivity contribution in [3.8, 4) is 0 Å². The molecule has 14 nitrogen and oxygen atoms in total. The van der Waals surface area contributed by atoms with Crippen LogP contribution in [0.4, 0.5) is 15.3 Å². The summed E-state index contributed by atoms with van der Waals surface area (Å²) < 4.78 is 19.0. The number of pyridine rings is 1. The van der Waals surface area contributed by atoms with E-state index in [1.165, 1.54) is 27.5 Å². The Morgan fingerprint density at radius 3 is 2.53 bits per heavy atom. The molecule has 1 aliphatic rings. The molecule has 3 aromatic rings. The second-order valence-electron chi connectivity index (χ2n) is 14.2. The van der Waals surface area contributed by atoms with E-state index in [1.54, 1.807) is 32.9 Å². The minimum atomic E-state index is -1.11. The largest absolute Gasteiger partial charge is 0.444 e. The van der Waals surface area contributed by atoms with E-state index < -0.39 is 47.3 Å². The topological polar surface area (TPSA) is 186 Å². The molecule has 1 aromatic carbocycles. The number of hydrogen-bond acceptors (Lipinski definition) is 9. The van der Waals surface area contributed by atoms with E-state index in [2.05, 4.69) is 31.4 Å². The lowest BCUT2D eigenvalue weighted by Crippen LogP contribution is -2.45. The fourth-order valence-electron chi connectivity index (χ4n) is 5.33. The zero-order chi connectivity index (χ0) is 35.9. The van der Waals surface area contributed by atoms with Crippen molar-refractivity contribution in [1.82, 2.24) is 19.4 Å². The summed E-state index contributed by atoms with van der Waals surface area (Å²) in [5.74, 6) is -1.05. The number of carbonyl (C=O) groups is 4. The summed E-state index contributed by atoms with van der Waals surface area (Å²) in [6.45, 7) is 12.3. The number of fused-ring (bicyclic) bond motifs is 1. The number of para-hydroxylation sites is 1. The van der Waals surface area contributed by atoms with E-state index in [9.17, 15) is 24.0 Å². The quantitative estimate of drug-likeness (QED) is 0.249. The van der Waals surface area contributed by atoms with Crippen LogP contribution in [0.5, 0.6) is 0 Å². The number of allylic oxidation sites excluding steroid dienone is 1. The summed E-state index contributed by atoms with van der Waals surface area (Å²) in [5.41, 5.74) is 5.83. The Kier molecular flexibility index (Phi) is 11.7. The fraction of sp³-hybridized carbons (Fsp3) is 0.486. The molecule has 14 heteroatoms. The lowest BCUT2D eigenvalue weighted by atomic mass is 9.88. The summed E-state index contributed by atoms with van der Waals surface area (Å²) in [6.07, 6.45) is 3.84. The predicted octanol–water partition coefficient (Wildman–Crippen LogP) is 4.26. The SMILES string of the molecule is CC(C)(C)Cc1cccc2c1nc(Cn1cccc(NC(=O)[C@H](CC/C=C/C(N)=O)NC(=O)OC3CCOC3)c1=O)n2C(=O)OC(C)(C)C. The van der Waals surface area contributed by atoms with Crippen LogP contribution in [-0.4, -0.2) is 69.1 Å². The molecule has 4 N–H and O–H groups in total. The number of nitrogens with one attached hydrogen (secondary N) is 2. The summed E-state index contributed by atoms with van der Waals surface area (Å²) in [6, 6.07) is 7.53. The maximum Gasteiger partial charge on any atom is 0.420 e. The summed E-state index contributed by atoms with van der Waals surface area (Å²) in [7, 11) is 0. The summed E-state index contributed by atoms with van der Waals surface area (Å²) >= 11 is 0. The molecule has 264 valence electrons. The fourth-order valence-corrected chi connectivity index (χ4v) is 5.33. The van der Waals surface area contributed by atoms with E-state index in [4.69, 9.17) is 24.9 Å². The number of nitrogens with zero attached hydrogens (tertiary/aromatic N) is 3. The number of alkyl carbamates (subject to hydrolysis) is 1. The standard InChI is InChI=1S/C35H46N6O8/c1-34(2,3)19-22-11-9-14-26-29(22)39-28(41(26)33(46)49-35(4,5)6)20-40-17-10-13-25(31(40)44)37-30(43)24(12-7-8-15-27(36)42)38-32(45)48-23-16-18-47-21-23/h8-11,13-15,17,23-24H,7,12,16,18-21H2,1-6H3,(H2,36,42)(H,37,43)(H,38,45)/b15-8+/t23?,24-/m0/s1. The monoisotopic (exact) mass is 678 g/mol. The third kappa shape index (κ3) is 10.5. The number of amides is 3. The smallest absolute Gasteiger partial charge is 0.420 e. The van der Waals surface area contributed by atoms with Gasteiger partial charge in [0.15, 0.2) is 0 Å². The van der Waals surface area contributed by atoms with Gasteiger partial charge in [-0.25, -0.2) is 19.1 Å². The van der Waals surface area contributed by atoms with E-state index in [0.29, 0.717) is 30.5 Å². The predicted molar refractivity (Wildman–Crippen MR) is 183 cm³/mol. The van der Waals surface area contributed by atoms with E-state index in [1.807, 2.05) is 12.1 Å². The molecule has 3 amide bonds. The zero-order valence-electron chi connectivity index (χ0n) is 28.9. The van der Waals surface area contributed by atoms with Crippen LogP contribution in [-0.2, 0) is 36.8 Å². The first kappa shape index (κ1) is 36.8. The summed E-state index contributed by atoms with van der Waals surface area (Å²) in [4.78, 5) is 69.2. The molecule has 0 bridgehead atoms. The number of hydrogen-bond donors (Lipinski definition) is 3. The summed E-state index contributed by atoms with van der Waals surface area (Å²) in [5, 5.41) is 5.16. The molecule has 2 atom stereocenters. The van der Waals surface area contributed by atoms with Crippen molar-refractivity contribution in [2.24, 2.45) is 11.1 Å². The number of benzene rings is 1. The molecular weight excluding hydrogens is 632 g/mol. The molecule has 2 aromatic heterocycles. The van der Waals surface area contributed by atoms with Crippen LogP contribution in [0, 0.1) is 5.41 Å².